The molecule has 4 rings (SSSR count). The first-order chi connectivity index (χ1) is 11.7. The van der Waals surface area contributed by atoms with E-state index in [9.17, 15) is 4.79 Å². The standard InChI is InChI=1S/C19H19N3O2/c1-14(23)15-2-4-17(5-3-15)22-19-7-6-18(12-16(19)13-20-22)21-8-10-24-11-9-21/h2-7,12-13H,8-11H2,1H3. The maximum absolute atomic E-state index is 11.4. The van der Waals surface area contributed by atoms with Crippen molar-refractivity contribution in [1.82, 2.24) is 9.78 Å². The van der Waals surface area contributed by atoms with Crippen molar-refractivity contribution in [1.29, 1.82) is 0 Å². The predicted octanol–water partition coefficient (Wildman–Crippen LogP) is 3.06. The molecule has 1 aliphatic rings. The third-order valence-corrected chi connectivity index (χ3v) is 4.45. The Hall–Kier alpha value is -2.66. The summed E-state index contributed by atoms with van der Waals surface area (Å²) in [5.41, 5.74) is 3.93. The van der Waals surface area contributed by atoms with Gasteiger partial charge in [0, 0.05) is 29.7 Å². The Balaban J connectivity index is 1.68. The summed E-state index contributed by atoms with van der Waals surface area (Å²) in [5, 5.41) is 5.62. The van der Waals surface area contributed by atoms with Crippen molar-refractivity contribution >= 4 is 22.4 Å². The number of ether oxygens (including phenoxy) is 1. The van der Waals surface area contributed by atoms with Gasteiger partial charge in [-0.2, -0.15) is 5.10 Å². The van der Waals surface area contributed by atoms with Crippen LogP contribution in [0.5, 0.6) is 0 Å². The Morgan fingerprint density at radius 2 is 1.75 bits per heavy atom. The Morgan fingerprint density at radius 1 is 1.04 bits per heavy atom. The van der Waals surface area contributed by atoms with E-state index < -0.39 is 0 Å². The molecular weight excluding hydrogens is 302 g/mol. The number of Topliss-reactive ketones (excluding diaryl/α,β-unsaturated/α-hetero) is 1. The summed E-state index contributed by atoms with van der Waals surface area (Å²) in [6, 6.07) is 14.0. The maximum atomic E-state index is 11.4. The lowest BCUT2D eigenvalue weighted by Crippen LogP contribution is -2.36. The highest BCUT2D eigenvalue weighted by molar-refractivity contribution is 5.94. The van der Waals surface area contributed by atoms with Crippen molar-refractivity contribution in [2.75, 3.05) is 31.2 Å². The van der Waals surface area contributed by atoms with Gasteiger partial charge in [0.2, 0.25) is 0 Å². The lowest BCUT2D eigenvalue weighted by Gasteiger charge is -2.28. The summed E-state index contributed by atoms with van der Waals surface area (Å²) in [6.45, 7) is 4.98. The van der Waals surface area contributed by atoms with E-state index in [1.54, 1.807) is 6.92 Å². The molecule has 0 spiro atoms. The van der Waals surface area contributed by atoms with Crippen LogP contribution in [0.25, 0.3) is 16.6 Å². The van der Waals surface area contributed by atoms with Gasteiger partial charge < -0.3 is 9.64 Å². The minimum atomic E-state index is 0.0713. The van der Waals surface area contributed by atoms with E-state index in [1.165, 1.54) is 5.69 Å². The Labute approximate surface area is 140 Å². The van der Waals surface area contributed by atoms with Crippen molar-refractivity contribution in [2.24, 2.45) is 0 Å². The predicted molar refractivity (Wildman–Crippen MR) is 94.1 cm³/mol. The zero-order valence-electron chi connectivity index (χ0n) is 13.6. The molecule has 1 aromatic heterocycles. The summed E-state index contributed by atoms with van der Waals surface area (Å²) in [4.78, 5) is 13.7. The zero-order chi connectivity index (χ0) is 16.5. The summed E-state index contributed by atoms with van der Waals surface area (Å²) < 4.78 is 7.32. The van der Waals surface area contributed by atoms with E-state index in [0.717, 1.165) is 42.9 Å². The van der Waals surface area contributed by atoms with E-state index in [-0.39, 0.29) is 5.78 Å². The highest BCUT2D eigenvalue weighted by atomic mass is 16.5. The van der Waals surface area contributed by atoms with E-state index in [0.29, 0.717) is 5.56 Å². The van der Waals surface area contributed by atoms with Gasteiger partial charge in [-0.3, -0.25) is 4.79 Å². The third-order valence-electron chi connectivity index (χ3n) is 4.45. The first-order valence-electron chi connectivity index (χ1n) is 8.14. The van der Waals surface area contributed by atoms with Crippen LogP contribution in [0.15, 0.2) is 48.7 Å². The second kappa shape index (κ2) is 6.09. The van der Waals surface area contributed by atoms with E-state index >= 15 is 0 Å². The van der Waals surface area contributed by atoms with Crippen LogP contribution in [0.1, 0.15) is 17.3 Å². The van der Waals surface area contributed by atoms with Crippen LogP contribution in [0, 0.1) is 0 Å². The van der Waals surface area contributed by atoms with Crippen molar-refractivity contribution in [3.8, 4) is 5.69 Å². The molecule has 0 aliphatic carbocycles. The second-order valence-electron chi connectivity index (χ2n) is 6.00. The Kier molecular flexibility index (Phi) is 3.78. The number of benzene rings is 2. The van der Waals surface area contributed by atoms with Crippen LogP contribution in [0.3, 0.4) is 0 Å². The van der Waals surface area contributed by atoms with E-state index in [4.69, 9.17) is 4.74 Å². The molecule has 122 valence electrons. The number of carbonyl (C=O) groups is 1. The first kappa shape index (κ1) is 14.9. The molecule has 0 radical (unpaired) electrons. The topological polar surface area (TPSA) is 47.4 Å². The molecule has 3 aromatic rings. The van der Waals surface area contributed by atoms with Crippen molar-refractivity contribution in [3.63, 3.8) is 0 Å². The van der Waals surface area contributed by atoms with Crippen LogP contribution >= 0.6 is 0 Å². The fourth-order valence-electron chi connectivity index (χ4n) is 3.08. The highest BCUT2D eigenvalue weighted by Gasteiger charge is 2.13. The molecule has 5 heteroatoms. The van der Waals surface area contributed by atoms with Gasteiger partial charge in [0.05, 0.1) is 30.6 Å². The number of nitrogens with zero attached hydrogens (tertiary/aromatic N) is 3. The highest BCUT2D eigenvalue weighted by Crippen LogP contribution is 2.25. The Morgan fingerprint density at radius 3 is 2.46 bits per heavy atom. The quantitative estimate of drug-likeness (QED) is 0.696. The van der Waals surface area contributed by atoms with Gasteiger partial charge >= 0.3 is 0 Å². The number of anilines is 1. The molecule has 24 heavy (non-hydrogen) atoms. The fourth-order valence-corrected chi connectivity index (χ4v) is 3.08. The van der Waals surface area contributed by atoms with Crippen LogP contribution in [-0.2, 0) is 4.74 Å². The van der Waals surface area contributed by atoms with Crippen LogP contribution in [-0.4, -0.2) is 41.9 Å². The van der Waals surface area contributed by atoms with Crippen molar-refractivity contribution in [3.05, 3.63) is 54.2 Å². The number of fused-ring (bicyclic) bond motifs is 1. The third kappa shape index (κ3) is 2.67. The van der Waals surface area contributed by atoms with Crippen LogP contribution in [0.2, 0.25) is 0 Å². The van der Waals surface area contributed by atoms with Gasteiger partial charge in [-0.05, 0) is 49.4 Å². The van der Waals surface area contributed by atoms with Gasteiger partial charge in [0.1, 0.15) is 0 Å². The monoisotopic (exact) mass is 321 g/mol. The number of hydrogen-bond donors (Lipinski definition) is 0. The van der Waals surface area contributed by atoms with Gasteiger partial charge in [-0.1, -0.05) is 0 Å². The molecule has 0 bridgehead atoms. The second-order valence-corrected chi connectivity index (χ2v) is 6.00. The molecule has 0 unspecified atom stereocenters. The lowest BCUT2D eigenvalue weighted by atomic mass is 10.1. The number of morpholine rings is 1. The Bertz CT molecular complexity index is 877. The number of aromatic nitrogens is 2. The largest absolute Gasteiger partial charge is 0.378 e. The molecular formula is C19H19N3O2. The van der Waals surface area contributed by atoms with Gasteiger partial charge in [0.25, 0.3) is 0 Å². The number of rotatable bonds is 3. The van der Waals surface area contributed by atoms with Gasteiger partial charge in [0.15, 0.2) is 5.78 Å². The normalized spacial score (nSPS) is 15.0. The number of carbonyl (C=O) groups excluding carboxylic acids is 1. The zero-order valence-corrected chi connectivity index (χ0v) is 13.6. The summed E-state index contributed by atoms with van der Waals surface area (Å²) in [6.07, 6.45) is 1.89. The molecule has 5 nitrogen and oxygen atoms in total. The first-order valence-corrected chi connectivity index (χ1v) is 8.14. The van der Waals surface area contributed by atoms with Crippen LogP contribution in [0.4, 0.5) is 5.69 Å². The molecule has 1 aliphatic heterocycles. The van der Waals surface area contributed by atoms with E-state index in [2.05, 4.69) is 28.2 Å². The number of hydrogen-bond acceptors (Lipinski definition) is 4. The number of ketones is 1. The van der Waals surface area contributed by atoms with Crippen molar-refractivity contribution in [2.45, 2.75) is 6.92 Å². The minimum Gasteiger partial charge on any atom is -0.378 e. The maximum Gasteiger partial charge on any atom is 0.159 e. The fraction of sp³-hybridized carbons (Fsp3) is 0.263. The summed E-state index contributed by atoms with van der Waals surface area (Å²) in [7, 11) is 0. The average molecular weight is 321 g/mol. The molecule has 0 saturated carbocycles. The summed E-state index contributed by atoms with van der Waals surface area (Å²) >= 11 is 0. The molecule has 0 N–H and O–H groups in total. The molecule has 2 heterocycles. The average Bonchev–Trinajstić information content (AvgIpc) is 3.05. The van der Waals surface area contributed by atoms with Gasteiger partial charge in [-0.25, -0.2) is 4.68 Å². The molecule has 1 fully saturated rings. The molecule has 0 amide bonds. The summed E-state index contributed by atoms with van der Waals surface area (Å²) in [5.74, 6) is 0.0713. The minimum absolute atomic E-state index is 0.0713. The molecule has 2 aromatic carbocycles. The lowest BCUT2D eigenvalue weighted by molar-refractivity contribution is 0.101. The SMILES string of the molecule is CC(=O)c1ccc(-n2ncc3cc(N4CCOCC4)ccc32)cc1. The molecule has 1 saturated heterocycles. The molecule has 0 atom stereocenters. The smallest absolute Gasteiger partial charge is 0.159 e. The van der Waals surface area contributed by atoms with Gasteiger partial charge in [-0.15, -0.1) is 0 Å². The van der Waals surface area contributed by atoms with E-state index in [1.807, 2.05) is 35.1 Å². The van der Waals surface area contributed by atoms with Crippen molar-refractivity contribution < 1.29 is 9.53 Å². The van der Waals surface area contributed by atoms with Crippen LogP contribution < -0.4 is 4.90 Å².